The van der Waals surface area contributed by atoms with Crippen LogP contribution in [0.3, 0.4) is 0 Å². The Labute approximate surface area is 224 Å². The first-order valence-electron chi connectivity index (χ1n) is 13.3. The molecule has 0 aliphatic carbocycles. The maximum atomic E-state index is 13.6. The molecular formula is C27H42ClF2N3O2S. The van der Waals surface area contributed by atoms with Gasteiger partial charge in [0.2, 0.25) is 0 Å². The number of rotatable bonds is 14. The Hall–Kier alpha value is -0.930. The number of likely N-dealkylation sites (tertiary alicyclic amines) is 2. The number of carbonyl (C=O) groups is 1. The van der Waals surface area contributed by atoms with Gasteiger partial charge in [-0.05, 0) is 56.4 Å². The van der Waals surface area contributed by atoms with E-state index in [2.05, 4.69) is 29.0 Å². The third kappa shape index (κ3) is 8.29. The highest BCUT2D eigenvalue weighted by Gasteiger charge is 2.46. The van der Waals surface area contributed by atoms with Crippen molar-refractivity contribution >= 4 is 29.3 Å². The Morgan fingerprint density at radius 3 is 2.67 bits per heavy atom. The molecule has 3 rings (SSSR count). The molecule has 0 unspecified atom stereocenters. The van der Waals surface area contributed by atoms with Crippen LogP contribution in [0.4, 0.5) is 8.78 Å². The second-order valence-corrected chi connectivity index (χ2v) is 12.3. The lowest BCUT2D eigenvalue weighted by atomic mass is 9.93. The predicted molar refractivity (Wildman–Crippen MR) is 145 cm³/mol. The van der Waals surface area contributed by atoms with E-state index in [0.717, 1.165) is 25.9 Å². The number of nitrogens with one attached hydrogen (secondary N) is 1. The Balaban J connectivity index is 1.53. The summed E-state index contributed by atoms with van der Waals surface area (Å²) in [5.41, 5.74) is 0.397. The van der Waals surface area contributed by atoms with Gasteiger partial charge in [-0.25, -0.2) is 8.78 Å². The van der Waals surface area contributed by atoms with Crippen molar-refractivity contribution in [2.75, 3.05) is 38.6 Å². The van der Waals surface area contributed by atoms with E-state index in [-0.39, 0.29) is 17.9 Å². The molecule has 0 saturated carbocycles. The van der Waals surface area contributed by atoms with E-state index < -0.39 is 17.1 Å². The molecule has 2 heterocycles. The van der Waals surface area contributed by atoms with Crippen molar-refractivity contribution in [1.29, 1.82) is 0 Å². The van der Waals surface area contributed by atoms with Gasteiger partial charge in [-0.1, -0.05) is 56.8 Å². The van der Waals surface area contributed by atoms with Crippen LogP contribution in [0.25, 0.3) is 0 Å². The minimum Gasteiger partial charge on any atom is -0.481 e. The van der Waals surface area contributed by atoms with Crippen LogP contribution in [0.1, 0.15) is 76.3 Å². The van der Waals surface area contributed by atoms with Gasteiger partial charge in [-0.2, -0.15) is 0 Å². The third-order valence-electron chi connectivity index (χ3n) is 7.79. The monoisotopic (exact) mass is 545 g/mol. The Morgan fingerprint density at radius 2 is 2.00 bits per heavy atom. The highest BCUT2D eigenvalue weighted by Crippen LogP contribution is 2.43. The fourth-order valence-electron chi connectivity index (χ4n) is 5.59. The zero-order chi connectivity index (χ0) is 26.1. The summed E-state index contributed by atoms with van der Waals surface area (Å²) in [6, 6.07) is 5.07. The summed E-state index contributed by atoms with van der Waals surface area (Å²) in [6.45, 7) is 9.23. The summed E-state index contributed by atoms with van der Waals surface area (Å²) in [4.78, 5) is 16.5. The lowest BCUT2D eigenvalue weighted by molar-refractivity contribution is -0.137. The van der Waals surface area contributed by atoms with Crippen LogP contribution < -0.4 is 5.32 Å². The average molecular weight is 546 g/mol. The molecule has 0 amide bonds. The number of piperidine rings is 1. The maximum absolute atomic E-state index is 13.6. The van der Waals surface area contributed by atoms with Gasteiger partial charge in [-0.3, -0.25) is 9.69 Å². The molecule has 1 aromatic rings. The van der Waals surface area contributed by atoms with Gasteiger partial charge in [0.15, 0.2) is 0 Å². The molecule has 2 atom stereocenters. The first kappa shape index (κ1) is 29.6. The molecule has 0 aromatic heterocycles. The van der Waals surface area contributed by atoms with Crippen LogP contribution in [0.5, 0.6) is 0 Å². The molecule has 1 aromatic carbocycles. The van der Waals surface area contributed by atoms with Crippen LogP contribution in [0.2, 0.25) is 5.02 Å². The number of alkyl halides is 2. The molecule has 2 N–H and O–H groups in total. The molecule has 2 saturated heterocycles. The van der Waals surface area contributed by atoms with Crippen molar-refractivity contribution in [2.45, 2.75) is 82.6 Å². The fourth-order valence-corrected chi connectivity index (χ4v) is 7.30. The molecule has 36 heavy (non-hydrogen) atoms. The van der Waals surface area contributed by atoms with Gasteiger partial charge in [-0.15, -0.1) is 11.8 Å². The van der Waals surface area contributed by atoms with Gasteiger partial charge in [0.25, 0.3) is 6.43 Å². The molecular weight excluding hydrogens is 504 g/mol. The van der Waals surface area contributed by atoms with Crippen molar-refractivity contribution in [1.82, 2.24) is 15.1 Å². The summed E-state index contributed by atoms with van der Waals surface area (Å²) >= 11 is 7.98. The van der Waals surface area contributed by atoms with Crippen LogP contribution in [-0.4, -0.2) is 70.3 Å². The number of benzene rings is 1. The molecule has 5 nitrogen and oxygen atoms in total. The van der Waals surface area contributed by atoms with E-state index in [9.17, 15) is 18.7 Å². The lowest BCUT2D eigenvalue weighted by Gasteiger charge is -2.35. The summed E-state index contributed by atoms with van der Waals surface area (Å²) < 4.78 is 26.7. The highest BCUT2D eigenvalue weighted by molar-refractivity contribution is 8.00. The van der Waals surface area contributed by atoms with Crippen LogP contribution in [-0.2, 0) is 11.3 Å². The quantitative estimate of drug-likeness (QED) is 0.212. The number of halogens is 3. The molecule has 2 fully saturated rings. The van der Waals surface area contributed by atoms with Gasteiger partial charge >= 0.3 is 5.97 Å². The molecule has 204 valence electrons. The molecule has 0 radical (unpaired) electrons. The van der Waals surface area contributed by atoms with Gasteiger partial charge in [0, 0.05) is 46.9 Å². The topological polar surface area (TPSA) is 55.8 Å². The summed E-state index contributed by atoms with van der Waals surface area (Å²) in [6.07, 6.45) is 4.86. The molecule has 0 bridgehead atoms. The Kier molecular flexibility index (Phi) is 11.8. The minimum absolute atomic E-state index is 0.0445. The predicted octanol–water partition coefficient (Wildman–Crippen LogP) is 6.27. The summed E-state index contributed by atoms with van der Waals surface area (Å²) in [5, 5.41) is 13.7. The van der Waals surface area contributed by atoms with E-state index in [4.69, 9.17) is 11.6 Å². The number of carboxylic acids is 1. The van der Waals surface area contributed by atoms with Gasteiger partial charge in [0.1, 0.15) is 0 Å². The fraction of sp³-hybridized carbons (Fsp3) is 0.741. The summed E-state index contributed by atoms with van der Waals surface area (Å²) in [7, 11) is 0. The standard InChI is InChI=1S/C27H42ClF2N3O2S/c1-3-4-5-6-12-32-13-10-21(11-14-32)31-19-36-27(15-25(34)35)18-33(16-20(27)2)17-23-22(26(29)30)8-7-9-24(23)28/h7-9,20-21,26,31H,3-6,10-19H2,1-2H3,(H,34,35)/t20-,27-/m1/s1. The van der Waals surface area contributed by atoms with Crippen LogP contribution >= 0.6 is 23.4 Å². The van der Waals surface area contributed by atoms with Crippen molar-refractivity contribution in [3.63, 3.8) is 0 Å². The van der Waals surface area contributed by atoms with Gasteiger partial charge in [0.05, 0.1) is 6.42 Å². The average Bonchev–Trinajstić information content (AvgIpc) is 3.12. The van der Waals surface area contributed by atoms with Crippen molar-refractivity contribution in [2.24, 2.45) is 5.92 Å². The molecule has 2 aliphatic heterocycles. The van der Waals surface area contributed by atoms with Crippen molar-refractivity contribution in [3.8, 4) is 0 Å². The lowest BCUT2D eigenvalue weighted by Crippen LogP contribution is -2.44. The highest BCUT2D eigenvalue weighted by atomic mass is 35.5. The smallest absolute Gasteiger partial charge is 0.304 e. The second-order valence-electron chi connectivity index (χ2n) is 10.5. The summed E-state index contributed by atoms with van der Waals surface area (Å²) in [5.74, 6) is -0.0116. The number of thioether (sulfide) groups is 1. The molecule has 9 heteroatoms. The van der Waals surface area contributed by atoms with E-state index in [0.29, 0.717) is 42.1 Å². The zero-order valence-corrected chi connectivity index (χ0v) is 23.2. The molecule has 0 spiro atoms. The van der Waals surface area contributed by atoms with E-state index in [1.54, 1.807) is 23.9 Å². The molecule has 2 aliphatic rings. The number of carboxylic acid groups (broad SMARTS) is 1. The van der Waals surface area contributed by atoms with E-state index >= 15 is 0 Å². The van der Waals surface area contributed by atoms with Crippen molar-refractivity contribution in [3.05, 3.63) is 34.3 Å². The first-order valence-corrected chi connectivity index (χ1v) is 14.7. The number of hydrogen-bond donors (Lipinski definition) is 2. The number of nitrogens with zero attached hydrogens (tertiary/aromatic N) is 2. The zero-order valence-electron chi connectivity index (χ0n) is 21.7. The maximum Gasteiger partial charge on any atom is 0.304 e. The van der Waals surface area contributed by atoms with E-state index in [1.807, 2.05) is 0 Å². The normalized spacial score (nSPS) is 24.1. The Morgan fingerprint density at radius 1 is 1.25 bits per heavy atom. The SMILES string of the molecule is CCCCCCN1CCC(NCS[C@]2(CC(=O)O)CN(Cc3c(Cl)cccc3C(F)F)C[C@H]2C)CC1. The van der Waals surface area contributed by atoms with E-state index in [1.165, 1.54) is 38.3 Å². The Bertz CT molecular complexity index is 841. The number of unbranched alkanes of at least 4 members (excludes halogenated alkanes) is 3. The largest absolute Gasteiger partial charge is 0.481 e. The third-order valence-corrected chi connectivity index (χ3v) is 9.71. The first-order chi connectivity index (χ1) is 17.2. The van der Waals surface area contributed by atoms with Crippen LogP contribution in [0, 0.1) is 5.92 Å². The second kappa shape index (κ2) is 14.3. The van der Waals surface area contributed by atoms with Crippen LogP contribution in [0.15, 0.2) is 18.2 Å². The number of hydrogen-bond acceptors (Lipinski definition) is 5. The van der Waals surface area contributed by atoms with Gasteiger partial charge < -0.3 is 15.3 Å². The van der Waals surface area contributed by atoms with Crippen molar-refractivity contribution < 1.29 is 18.7 Å². The minimum atomic E-state index is -2.59. The number of aliphatic carboxylic acids is 1.